The van der Waals surface area contributed by atoms with E-state index in [0.29, 0.717) is 12.1 Å². The van der Waals surface area contributed by atoms with Crippen molar-refractivity contribution in [2.24, 2.45) is 0 Å². The Labute approximate surface area is 79.1 Å². The molecule has 2 atom stereocenters. The van der Waals surface area contributed by atoms with Crippen LogP contribution < -0.4 is 5.32 Å². The molecule has 0 saturated carbocycles. The normalized spacial score (nSPS) is 24.9. The lowest BCUT2D eigenvalue weighted by molar-refractivity contribution is 0.378. The predicted molar refractivity (Wildman–Crippen MR) is 52.7 cm³/mol. The Hall–Kier alpha value is -0.830. The van der Waals surface area contributed by atoms with Gasteiger partial charge in [-0.2, -0.15) is 5.10 Å². The van der Waals surface area contributed by atoms with Crippen LogP contribution in [0, 0.1) is 6.92 Å². The van der Waals surface area contributed by atoms with Crippen molar-refractivity contribution >= 4 is 0 Å². The molecule has 3 heteroatoms. The van der Waals surface area contributed by atoms with E-state index < -0.39 is 0 Å². The fraction of sp³-hybridized carbons (Fsp3) is 0.700. The summed E-state index contributed by atoms with van der Waals surface area (Å²) in [4.78, 5) is 0. The third-order valence-corrected chi connectivity index (χ3v) is 2.84. The zero-order valence-electron chi connectivity index (χ0n) is 8.33. The molecule has 0 aliphatic carbocycles. The lowest BCUT2D eigenvalue weighted by Gasteiger charge is -2.19. The second-order valence-corrected chi connectivity index (χ2v) is 3.88. The highest BCUT2D eigenvalue weighted by molar-refractivity contribution is 4.97. The summed E-state index contributed by atoms with van der Waals surface area (Å²) in [7, 11) is 0. The monoisotopic (exact) mass is 179 g/mol. The highest BCUT2D eigenvalue weighted by atomic mass is 15.3. The zero-order chi connectivity index (χ0) is 9.26. The molecule has 1 saturated heterocycles. The van der Waals surface area contributed by atoms with Gasteiger partial charge >= 0.3 is 0 Å². The molecule has 0 aromatic carbocycles. The number of rotatable bonds is 2. The number of hydrogen-bond donors (Lipinski definition) is 1. The first-order valence-corrected chi connectivity index (χ1v) is 5.02. The molecule has 0 spiro atoms. The van der Waals surface area contributed by atoms with Crippen molar-refractivity contribution in [1.29, 1.82) is 0 Å². The largest absolute Gasteiger partial charge is 0.312 e. The molecular formula is C10H17N3. The average Bonchev–Trinajstić information content (AvgIpc) is 2.72. The molecule has 2 rings (SSSR count). The molecule has 1 N–H and O–H groups in total. The van der Waals surface area contributed by atoms with Crippen LogP contribution in [0.4, 0.5) is 0 Å². The van der Waals surface area contributed by atoms with E-state index >= 15 is 0 Å². The summed E-state index contributed by atoms with van der Waals surface area (Å²) in [6.45, 7) is 5.43. The maximum atomic E-state index is 4.43. The predicted octanol–water partition coefficient (Wildman–Crippen LogP) is 1.50. The molecule has 0 radical (unpaired) electrons. The first-order valence-electron chi connectivity index (χ1n) is 5.02. The van der Waals surface area contributed by atoms with E-state index in [4.69, 9.17) is 0 Å². The molecule has 0 amide bonds. The van der Waals surface area contributed by atoms with Gasteiger partial charge in [-0.15, -0.1) is 0 Å². The first kappa shape index (κ1) is 8.75. The van der Waals surface area contributed by atoms with Gasteiger partial charge in [-0.25, -0.2) is 0 Å². The van der Waals surface area contributed by atoms with Gasteiger partial charge in [-0.1, -0.05) is 0 Å². The van der Waals surface area contributed by atoms with Gasteiger partial charge in [0.15, 0.2) is 0 Å². The molecule has 1 aromatic heterocycles. The second kappa shape index (κ2) is 3.50. The lowest BCUT2D eigenvalue weighted by Crippen LogP contribution is -2.31. The van der Waals surface area contributed by atoms with Crippen molar-refractivity contribution < 1.29 is 0 Å². The van der Waals surface area contributed by atoms with Crippen molar-refractivity contribution in [2.45, 2.75) is 38.8 Å². The van der Waals surface area contributed by atoms with E-state index in [9.17, 15) is 0 Å². The number of nitrogens with one attached hydrogen (secondary N) is 1. The van der Waals surface area contributed by atoms with E-state index in [-0.39, 0.29) is 0 Å². The van der Waals surface area contributed by atoms with Crippen LogP contribution in [0.5, 0.6) is 0 Å². The molecule has 1 aromatic rings. The van der Waals surface area contributed by atoms with E-state index in [1.807, 2.05) is 6.92 Å². The number of nitrogens with zero attached hydrogens (tertiary/aromatic N) is 2. The Morgan fingerprint density at radius 3 is 3.08 bits per heavy atom. The van der Waals surface area contributed by atoms with Crippen LogP contribution in [-0.4, -0.2) is 22.4 Å². The Morgan fingerprint density at radius 2 is 2.54 bits per heavy atom. The minimum absolute atomic E-state index is 0.483. The van der Waals surface area contributed by atoms with E-state index in [1.165, 1.54) is 12.8 Å². The summed E-state index contributed by atoms with van der Waals surface area (Å²) in [5, 5.41) is 7.94. The topological polar surface area (TPSA) is 29.9 Å². The van der Waals surface area contributed by atoms with Gasteiger partial charge in [0.1, 0.15) is 0 Å². The minimum atomic E-state index is 0.483. The van der Waals surface area contributed by atoms with Crippen LogP contribution in [0.1, 0.15) is 31.5 Å². The van der Waals surface area contributed by atoms with Gasteiger partial charge < -0.3 is 5.32 Å². The van der Waals surface area contributed by atoms with E-state index in [1.54, 1.807) is 0 Å². The van der Waals surface area contributed by atoms with Crippen LogP contribution in [0.25, 0.3) is 0 Å². The van der Waals surface area contributed by atoms with Crippen LogP contribution >= 0.6 is 0 Å². The van der Waals surface area contributed by atoms with Crippen molar-refractivity contribution in [3.63, 3.8) is 0 Å². The molecule has 2 heterocycles. The summed E-state index contributed by atoms with van der Waals surface area (Å²) in [5.74, 6) is 0. The molecule has 13 heavy (non-hydrogen) atoms. The molecule has 0 unspecified atom stereocenters. The molecule has 1 fully saturated rings. The third kappa shape index (κ3) is 1.75. The second-order valence-electron chi connectivity index (χ2n) is 3.88. The molecule has 1 aliphatic heterocycles. The molecule has 72 valence electrons. The van der Waals surface area contributed by atoms with E-state index in [0.717, 1.165) is 12.2 Å². The van der Waals surface area contributed by atoms with Gasteiger partial charge in [0, 0.05) is 12.2 Å². The van der Waals surface area contributed by atoms with Crippen LogP contribution in [-0.2, 0) is 0 Å². The summed E-state index contributed by atoms with van der Waals surface area (Å²) < 4.78 is 2.07. The van der Waals surface area contributed by atoms with Crippen molar-refractivity contribution in [3.8, 4) is 0 Å². The summed E-state index contributed by atoms with van der Waals surface area (Å²) in [6, 6.07) is 3.15. The molecular weight excluding hydrogens is 162 g/mol. The van der Waals surface area contributed by atoms with Gasteiger partial charge in [0.25, 0.3) is 0 Å². The maximum absolute atomic E-state index is 4.43. The van der Waals surface area contributed by atoms with Gasteiger partial charge in [-0.05, 0) is 39.3 Å². The highest BCUT2D eigenvalue weighted by Crippen LogP contribution is 2.18. The Morgan fingerprint density at radius 1 is 1.69 bits per heavy atom. The SMILES string of the molecule is Cc1ccn([C@H](C)[C@H]2CCCN2)n1. The number of aromatic nitrogens is 2. The molecule has 0 bridgehead atoms. The van der Waals surface area contributed by atoms with Crippen LogP contribution in [0.3, 0.4) is 0 Å². The number of aryl methyl sites for hydroxylation is 1. The fourth-order valence-corrected chi connectivity index (χ4v) is 1.97. The van der Waals surface area contributed by atoms with Crippen LogP contribution in [0.15, 0.2) is 12.3 Å². The summed E-state index contributed by atoms with van der Waals surface area (Å²) >= 11 is 0. The van der Waals surface area contributed by atoms with Gasteiger partial charge in [-0.3, -0.25) is 4.68 Å². The Kier molecular flexibility index (Phi) is 2.36. The average molecular weight is 179 g/mol. The lowest BCUT2D eigenvalue weighted by atomic mass is 10.1. The summed E-state index contributed by atoms with van der Waals surface area (Å²) in [6.07, 6.45) is 4.65. The fourth-order valence-electron chi connectivity index (χ4n) is 1.97. The zero-order valence-corrected chi connectivity index (χ0v) is 8.33. The standard InChI is InChI=1S/C10H17N3/c1-8-5-7-13(12-8)9(2)10-4-3-6-11-10/h5,7,9-11H,3-4,6H2,1-2H3/t9-,10-/m1/s1. The van der Waals surface area contributed by atoms with Crippen molar-refractivity contribution in [2.75, 3.05) is 6.54 Å². The highest BCUT2D eigenvalue weighted by Gasteiger charge is 2.22. The minimum Gasteiger partial charge on any atom is -0.312 e. The van der Waals surface area contributed by atoms with Crippen LogP contribution in [0.2, 0.25) is 0 Å². The number of hydrogen-bond acceptors (Lipinski definition) is 2. The Bertz CT molecular complexity index is 273. The first-order chi connectivity index (χ1) is 6.27. The third-order valence-electron chi connectivity index (χ3n) is 2.84. The van der Waals surface area contributed by atoms with Gasteiger partial charge in [0.05, 0.1) is 11.7 Å². The molecule has 1 aliphatic rings. The summed E-state index contributed by atoms with van der Waals surface area (Å²) in [5.41, 5.74) is 1.10. The smallest absolute Gasteiger partial charge is 0.0644 e. The quantitative estimate of drug-likeness (QED) is 0.745. The Balaban J connectivity index is 2.07. The van der Waals surface area contributed by atoms with Crippen molar-refractivity contribution in [3.05, 3.63) is 18.0 Å². The van der Waals surface area contributed by atoms with Gasteiger partial charge in [0.2, 0.25) is 0 Å². The van der Waals surface area contributed by atoms with Crippen molar-refractivity contribution in [1.82, 2.24) is 15.1 Å². The molecule has 3 nitrogen and oxygen atoms in total. The van der Waals surface area contributed by atoms with E-state index in [2.05, 4.69) is 34.3 Å². The maximum Gasteiger partial charge on any atom is 0.0644 e.